The average molecular weight is 208 g/mol. The Hall–Kier alpha value is -1.34. The number of nitrogens with one attached hydrogen (secondary N) is 1. The van der Waals surface area contributed by atoms with Gasteiger partial charge in [-0.2, -0.15) is 5.26 Å². The van der Waals surface area contributed by atoms with E-state index in [0.717, 1.165) is 0 Å². The molecule has 3 nitrogen and oxygen atoms in total. The number of nitrogens with zero attached hydrogens (tertiary/aromatic N) is 1. The summed E-state index contributed by atoms with van der Waals surface area (Å²) in [5, 5.41) is 8.81. The molecule has 0 radical (unpaired) electrons. The highest BCUT2D eigenvalue weighted by molar-refractivity contribution is 7.86. The van der Waals surface area contributed by atoms with Gasteiger partial charge in [0.05, 0.1) is 11.3 Å². The molecule has 0 aromatic heterocycles. The largest absolute Gasteiger partial charge is 0.304 e. The monoisotopic (exact) mass is 208 g/mol. The summed E-state index contributed by atoms with van der Waals surface area (Å²) >= 11 is 0. The van der Waals surface area contributed by atoms with Gasteiger partial charge in [-0.25, -0.2) is 4.21 Å². The molecule has 1 aromatic rings. The molecule has 0 aliphatic rings. The van der Waals surface area contributed by atoms with Crippen LogP contribution >= 0.6 is 0 Å². The van der Waals surface area contributed by atoms with E-state index in [4.69, 9.17) is 5.26 Å². The molecule has 0 heterocycles. The first-order valence-corrected chi connectivity index (χ1v) is 5.53. The maximum atomic E-state index is 11.5. The first kappa shape index (κ1) is 10.7. The molecule has 1 atom stereocenters. The average Bonchev–Trinajstić information content (AvgIpc) is 2.18. The highest BCUT2D eigenvalue weighted by Gasteiger charge is 2.07. The quantitative estimate of drug-likeness (QED) is 0.826. The van der Waals surface area contributed by atoms with Gasteiger partial charge in [0.15, 0.2) is 0 Å². The van der Waals surface area contributed by atoms with Gasteiger partial charge in [-0.1, -0.05) is 12.1 Å². The fourth-order valence-electron chi connectivity index (χ4n) is 0.896. The van der Waals surface area contributed by atoms with Crippen LogP contribution in [-0.4, -0.2) is 9.46 Å². The maximum Gasteiger partial charge on any atom is 0.119 e. The van der Waals surface area contributed by atoms with E-state index in [0.29, 0.717) is 11.3 Å². The molecular weight excluding hydrogens is 196 g/mol. The topological polar surface area (TPSA) is 52.9 Å². The van der Waals surface area contributed by atoms with Gasteiger partial charge in [-0.3, -0.25) is 0 Å². The van der Waals surface area contributed by atoms with E-state index in [-0.39, 0.29) is 5.25 Å². The Bertz CT molecular complexity index is 382. The zero-order valence-electron chi connectivity index (χ0n) is 8.15. The van der Waals surface area contributed by atoms with Crippen molar-refractivity contribution in [1.29, 1.82) is 5.26 Å². The summed E-state index contributed by atoms with van der Waals surface area (Å²) in [6.45, 7) is 3.72. The Morgan fingerprint density at radius 3 is 2.64 bits per heavy atom. The summed E-state index contributed by atoms with van der Waals surface area (Å²) in [6, 6.07) is 9.07. The van der Waals surface area contributed by atoms with E-state index in [1.165, 1.54) is 0 Å². The zero-order chi connectivity index (χ0) is 10.6. The highest BCUT2D eigenvalue weighted by Crippen LogP contribution is 2.14. The molecule has 4 heteroatoms. The van der Waals surface area contributed by atoms with Crippen LogP contribution in [0.5, 0.6) is 0 Å². The molecular formula is C10H12N2OS. The number of anilines is 1. The summed E-state index contributed by atoms with van der Waals surface area (Å²) in [5.74, 6) is 0. The molecule has 0 bridgehead atoms. The highest BCUT2D eigenvalue weighted by atomic mass is 32.2. The maximum absolute atomic E-state index is 11.5. The van der Waals surface area contributed by atoms with Gasteiger partial charge in [0.1, 0.15) is 17.1 Å². The van der Waals surface area contributed by atoms with Crippen molar-refractivity contribution >= 4 is 16.7 Å². The number of hydrogen-bond donors (Lipinski definition) is 1. The van der Waals surface area contributed by atoms with Crippen molar-refractivity contribution in [1.82, 2.24) is 0 Å². The number of para-hydroxylation sites is 1. The van der Waals surface area contributed by atoms with Crippen molar-refractivity contribution in [3.8, 4) is 6.07 Å². The fourth-order valence-corrected chi connectivity index (χ4v) is 1.53. The predicted molar refractivity (Wildman–Crippen MR) is 58.1 cm³/mol. The Morgan fingerprint density at radius 1 is 1.43 bits per heavy atom. The van der Waals surface area contributed by atoms with Gasteiger partial charge in [0.25, 0.3) is 0 Å². The predicted octanol–water partition coefficient (Wildman–Crippen LogP) is 2.04. The van der Waals surface area contributed by atoms with Crippen molar-refractivity contribution in [2.75, 3.05) is 4.72 Å². The Morgan fingerprint density at radius 2 is 2.07 bits per heavy atom. The van der Waals surface area contributed by atoms with Crippen molar-refractivity contribution in [3.63, 3.8) is 0 Å². The van der Waals surface area contributed by atoms with E-state index in [2.05, 4.69) is 4.72 Å². The molecule has 74 valence electrons. The van der Waals surface area contributed by atoms with Gasteiger partial charge >= 0.3 is 0 Å². The van der Waals surface area contributed by atoms with Crippen molar-refractivity contribution < 1.29 is 4.21 Å². The van der Waals surface area contributed by atoms with Crippen LogP contribution in [0.4, 0.5) is 5.69 Å². The second kappa shape index (κ2) is 4.77. The summed E-state index contributed by atoms with van der Waals surface area (Å²) in [7, 11) is -1.14. The van der Waals surface area contributed by atoms with Crippen molar-refractivity contribution in [3.05, 3.63) is 29.8 Å². The summed E-state index contributed by atoms with van der Waals surface area (Å²) < 4.78 is 14.3. The van der Waals surface area contributed by atoms with Crippen molar-refractivity contribution in [2.24, 2.45) is 0 Å². The Balaban J connectivity index is 2.87. The molecule has 0 fully saturated rings. The second-order valence-corrected chi connectivity index (χ2v) is 4.85. The third-order valence-corrected chi connectivity index (χ3v) is 2.96. The lowest BCUT2D eigenvalue weighted by atomic mass is 10.2. The fraction of sp³-hybridized carbons (Fsp3) is 0.300. The molecule has 1 unspecified atom stereocenters. The van der Waals surface area contributed by atoms with Gasteiger partial charge in [0.2, 0.25) is 0 Å². The van der Waals surface area contributed by atoms with Crippen LogP contribution in [0.1, 0.15) is 19.4 Å². The van der Waals surface area contributed by atoms with Crippen LogP contribution in [0.25, 0.3) is 0 Å². The summed E-state index contributed by atoms with van der Waals surface area (Å²) in [5.41, 5.74) is 1.14. The zero-order valence-corrected chi connectivity index (χ0v) is 8.97. The number of hydrogen-bond acceptors (Lipinski definition) is 2. The van der Waals surface area contributed by atoms with Crippen LogP contribution in [0.15, 0.2) is 24.3 Å². The third-order valence-electron chi connectivity index (χ3n) is 1.69. The van der Waals surface area contributed by atoms with Crippen molar-refractivity contribution in [2.45, 2.75) is 19.1 Å². The van der Waals surface area contributed by atoms with Gasteiger partial charge < -0.3 is 4.72 Å². The lowest BCUT2D eigenvalue weighted by Crippen LogP contribution is -2.15. The van der Waals surface area contributed by atoms with Gasteiger partial charge in [-0.15, -0.1) is 0 Å². The molecule has 1 rings (SSSR count). The van der Waals surface area contributed by atoms with E-state index >= 15 is 0 Å². The Labute approximate surface area is 86.3 Å². The van der Waals surface area contributed by atoms with Crippen LogP contribution in [0.2, 0.25) is 0 Å². The molecule has 0 saturated heterocycles. The molecule has 0 saturated carbocycles. The SMILES string of the molecule is CC(C)S(=O)Nc1ccccc1C#N. The minimum Gasteiger partial charge on any atom is -0.304 e. The first-order chi connectivity index (χ1) is 6.65. The van der Waals surface area contributed by atoms with E-state index in [9.17, 15) is 4.21 Å². The smallest absolute Gasteiger partial charge is 0.119 e. The Kier molecular flexibility index (Phi) is 3.66. The lowest BCUT2D eigenvalue weighted by Gasteiger charge is -2.09. The molecule has 14 heavy (non-hydrogen) atoms. The van der Waals surface area contributed by atoms with Crippen LogP contribution in [0, 0.1) is 11.3 Å². The summed E-state index contributed by atoms with van der Waals surface area (Å²) in [6.07, 6.45) is 0. The summed E-state index contributed by atoms with van der Waals surface area (Å²) in [4.78, 5) is 0. The van der Waals surface area contributed by atoms with E-state index < -0.39 is 11.0 Å². The minimum absolute atomic E-state index is 0.0294. The third kappa shape index (κ3) is 2.57. The minimum atomic E-state index is -1.14. The molecule has 0 spiro atoms. The number of benzene rings is 1. The molecule has 1 aromatic carbocycles. The molecule has 0 aliphatic heterocycles. The number of nitriles is 1. The van der Waals surface area contributed by atoms with E-state index in [1.54, 1.807) is 24.3 Å². The van der Waals surface area contributed by atoms with Gasteiger partial charge in [-0.05, 0) is 26.0 Å². The lowest BCUT2D eigenvalue weighted by molar-refractivity contribution is 0.680. The first-order valence-electron chi connectivity index (χ1n) is 4.31. The number of rotatable bonds is 3. The normalized spacial score (nSPS) is 12.1. The van der Waals surface area contributed by atoms with Crippen LogP contribution in [0.3, 0.4) is 0 Å². The standard InChI is InChI=1S/C10H12N2OS/c1-8(2)14(13)12-10-6-4-3-5-9(10)7-11/h3-6,8,12H,1-2H3. The van der Waals surface area contributed by atoms with Crippen LogP contribution < -0.4 is 4.72 Å². The molecule has 0 amide bonds. The molecule has 1 N–H and O–H groups in total. The second-order valence-electron chi connectivity index (χ2n) is 3.11. The van der Waals surface area contributed by atoms with Gasteiger partial charge in [0, 0.05) is 5.25 Å². The van der Waals surface area contributed by atoms with E-state index in [1.807, 2.05) is 19.9 Å². The van der Waals surface area contributed by atoms with Crippen LogP contribution in [-0.2, 0) is 11.0 Å². The molecule has 0 aliphatic carbocycles.